The van der Waals surface area contributed by atoms with Gasteiger partial charge in [-0.3, -0.25) is 9.48 Å². The average molecular weight is 373 g/mol. The van der Waals surface area contributed by atoms with Gasteiger partial charge in [0.1, 0.15) is 0 Å². The van der Waals surface area contributed by atoms with Crippen molar-refractivity contribution >= 4 is 32.7 Å². The Balaban J connectivity index is 1.59. The largest absolute Gasteiger partial charge is 0.325 e. The quantitative estimate of drug-likeness (QED) is 0.682. The first-order chi connectivity index (χ1) is 12.4. The second-order valence-electron chi connectivity index (χ2n) is 5.81. The molecular weight excluding hydrogens is 354 g/mol. The summed E-state index contributed by atoms with van der Waals surface area (Å²) in [6.45, 7) is 1.87. The molecule has 0 radical (unpaired) electrons. The Bertz CT molecular complexity index is 1040. The highest BCUT2D eigenvalue weighted by Crippen LogP contribution is 2.19. The van der Waals surface area contributed by atoms with Gasteiger partial charge in [0.25, 0.3) is 0 Å². The molecule has 0 fully saturated rings. The summed E-state index contributed by atoms with van der Waals surface area (Å²) in [5.74, 6) is -0.302. The third-order valence-electron chi connectivity index (χ3n) is 3.84. The molecule has 3 aromatic rings. The number of anilines is 1. The van der Waals surface area contributed by atoms with Crippen LogP contribution in [-0.4, -0.2) is 35.6 Å². The van der Waals surface area contributed by atoms with Crippen LogP contribution in [0.5, 0.6) is 0 Å². The van der Waals surface area contributed by atoms with E-state index in [1.54, 1.807) is 42.2 Å². The van der Waals surface area contributed by atoms with Gasteiger partial charge in [-0.2, -0.15) is 5.10 Å². The molecule has 0 atom stereocenters. The summed E-state index contributed by atoms with van der Waals surface area (Å²) in [5.41, 5.74) is 2.10. The van der Waals surface area contributed by atoms with Gasteiger partial charge in [0.05, 0.1) is 22.5 Å². The van der Waals surface area contributed by atoms with E-state index in [9.17, 15) is 13.2 Å². The second kappa shape index (κ2) is 7.22. The highest BCUT2D eigenvalue weighted by molar-refractivity contribution is 7.89. The molecule has 9 heteroatoms. The van der Waals surface area contributed by atoms with Crippen LogP contribution < -0.4 is 10.0 Å². The van der Waals surface area contributed by atoms with Gasteiger partial charge in [0.2, 0.25) is 15.9 Å². The number of pyridine rings is 1. The minimum atomic E-state index is -3.61. The molecule has 8 nitrogen and oxygen atoms in total. The fourth-order valence-electron chi connectivity index (χ4n) is 2.58. The lowest BCUT2D eigenvalue weighted by Gasteiger charge is -2.07. The van der Waals surface area contributed by atoms with Gasteiger partial charge >= 0.3 is 0 Å². The predicted molar refractivity (Wildman–Crippen MR) is 98.1 cm³/mol. The Hall–Kier alpha value is -2.78. The van der Waals surface area contributed by atoms with Gasteiger partial charge in [-0.15, -0.1) is 0 Å². The van der Waals surface area contributed by atoms with Crippen LogP contribution in [0.4, 0.5) is 5.69 Å². The molecule has 0 unspecified atom stereocenters. The van der Waals surface area contributed by atoms with Gasteiger partial charge in [0, 0.05) is 25.4 Å². The van der Waals surface area contributed by atoms with Crippen molar-refractivity contribution in [1.82, 2.24) is 19.5 Å². The lowest BCUT2D eigenvalue weighted by atomic mass is 10.2. The first kappa shape index (κ1) is 18.0. The Morgan fingerprint density at radius 3 is 2.69 bits per heavy atom. The van der Waals surface area contributed by atoms with E-state index in [0.29, 0.717) is 5.69 Å². The Labute approximate surface area is 151 Å². The number of hydrogen-bond acceptors (Lipinski definition) is 5. The third kappa shape index (κ3) is 3.89. The van der Waals surface area contributed by atoms with Crippen LogP contribution in [0.3, 0.4) is 0 Å². The molecule has 2 aromatic heterocycles. The Morgan fingerprint density at radius 1 is 1.23 bits per heavy atom. The van der Waals surface area contributed by atoms with E-state index in [0.717, 1.165) is 16.7 Å². The van der Waals surface area contributed by atoms with Crippen molar-refractivity contribution in [2.75, 3.05) is 11.9 Å². The number of rotatable bonds is 6. The van der Waals surface area contributed by atoms with E-state index in [1.807, 2.05) is 6.92 Å². The molecule has 0 spiro atoms. The number of carbonyl (C=O) groups excluding carboxylic acids is 1. The van der Waals surface area contributed by atoms with Crippen LogP contribution in [0, 0.1) is 6.92 Å². The van der Waals surface area contributed by atoms with Crippen molar-refractivity contribution in [3.8, 4) is 0 Å². The van der Waals surface area contributed by atoms with E-state index in [2.05, 4.69) is 20.1 Å². The molecule has 2 N–H and O–H groups in total. The number of benzene rings is 1. The van der Waals surface area contributed by atoms with E-state index >= 15 is 0 Å². The van der Waals surface area contributed by atoms with Gasteiger partial charge in [-0.05, 0) is 25.1 Å². The van der Waals surface area contributed by atoms with Crippen molar-refractivity contribution in [3.05, 3.63) is 48.3 Å². The lowest BCUT2D eigenvalue weighted by Crippen LogP contribution is -2.27. The average Bonchev–Trinajstić information content (AvgIpc) is 2.89. The summed E-state index contributed by atoms with van der Waals surface area (Å²) in [6, 6.07) is 9.83. The van der Waals surface area contributed by atoms with Crippen molar-refractivity contribution in [2.45, 2.75) is 18.2 Å². The van der Waals surface area contributed by atoms with Gasteiger partial charge in [-0.1, -0.05) is 18.2 Å². The SMILES string of the molecule is Cc1nn(C)c2ncc(NC(=O)CCNS(=O)(=O)c3ccccc3)cc12. The summed E-state index contributed by atoms with van der Waals surface area (Å²) in [7, 11) is -1.81. The zero-order valence-electron chi connectivity index (χ0n) is 14.4. The molecule has 1 amide bonds. The number of carbonyl (C=O) groups is 1. The minimum absolute atomic E-state index is 0.00462. The van der Waals surface area contributed by atoms with Crippen molar-refractivity contribution in [3.63, 3.8) is 0 Å². The number of sulfonamides is 1. The van der Waals surface area contributed by atoms with E-state index in [4.69, 9.17) is 0 Å². The van der Waals surface area contributed by atoms with Crippen molar-refractivity contribution in [1.29, 1.82) is 0 Å². The summed E-state index contributed by atoms with van der Waals surface area (Å²) in [6.07, 6.45) is 1.56. The van der Waals surface area contributed by atoms with E-state index in [1.165, 1.54) is 12.1 Å². The number of fused-ring (bicyclic) bond motifs is 1. The maximum Gasteiger partial charge on any atom is 0.240 e. The van der Waals surface area contributed by atoms with Crippen LogP contribution in [0.15, 0.2) is 47.5 Å². The highest BCUT2D eigenvalue weighted by atomic mass is 32.2. The third-order valence-corrected chi connectivity index (χ3v) is 5.32. The maximum atomic E-state index is 12.1. The molecule has 0 aliphatic heterocycles. The molecular formula is C17H19N5O3S. The molecule has 3 rings (SSSR count). The molecule has 0 aliphatic carbocycles. The fourth-order valence-corrected chi connectivity index (χ4v) is 3.63. The predicted octanol–water partition coefficient (Wildman–Crippen LogP) is 1.58. The standard InChI is InChI=1S/C17H19N5O3S/c1-12-15-10-13(11-18-17(15)22(2)21-12)20-16(23)8-9-19-26(24,25)14-6-4-3-5-7-14/h3-7,10-11,19H,8-9H2,1-2H3,(H,20,23). The number of aryl methyl sites for hydroxylation is 2. The number of amides is 1. The fraction of sp³-hybridized carbons (Fsp3) is 0.235. The number of aromatic nitrogens is 3. The summed E-state index contributed by atoms with van der Waals surface area (Å²) in [5, 5.41) is 7.86. The van der Waals surface area contributed by atoms with Crippen molar-refractivity contribution in [2.24, 2.45) is 7.05 Å². The molecule has 0 saturated heterocycles. The van der Waals surface area contributed by atoms with Crippen LogP contribution in [-0.2, 0) is 21.9 Å². The number of nitrogens with one attached hydrogen (secondary N) is 2. The monoisotopic (exact) mass is 373 g/mol. The smallest absolute Gasteiger partial charge is 0.240 e. The Morgan fingerprint density at radius 2 is 1.96 bits per heavy atom. The van der Waals surface area contributed by atoms with E-state index < -0.39 is 10.0 Å². The highest BCUT2D eigenvalue weighted by Gasteiger charge is 2.14. The molecule has 136 valence electrons. The summed E-state index contributed by atoms with van der Waals surface area (Å²) < 4.78 is 28.3. The van der Waals surface area contributed by atoms with Crippen molar-refractivity contribution < 1.29 is 13.2 Å². The van der Waals surface area contributed by atoms with Crippen LogP contribution >= 0.6 is 0 Å². The zero-order chi connectivity index (χ0) is 18.7. The van der Waals surface area contributed by atoms with Crippen LogP contribution in [0.25, 0.3) is 11.0 Å². The van der Waals surface area contributed by atoms with Crippen LogP contribution in [0.2, 0.25) is 0 Å². The molecule has 0 saturated carbocycles. The van der Waals surface area contributed by atoms with Gasteiger partial charge in [-0.25, -0.2) is 18.1 Å². The number of nitrogens with zero attached hydrogens (tertiary/aromatic N) is 3. The first-order valence-electron chi connectivity index (χ1n) is 8.01. The van der Waals surface area contributed by atoms with E-state index in [-0.39, 0.29) is 23.8 Å². The zero-order valence-corrected chi connectivity index (χ0v) is 15.2. The van der Waals surface area contributed by atoms with Gasteiger partial charge in [0.15, 0.2) is 5.65 Å². The lowest BCUT2D eigenvalue weighted by molar-refractivity contribution is -0.116. The minimum Gasteiger partial charge on any atom is -0.325 e. The normalized spacial score (nSPS) is 11.6. The summed E-state index contributed by atoms with van der Waals surface area (Å²) >= 11 is 0. The second-order valence-corrected chi connectivity index (χ2v) is 7.58. The molecule has 1 aromatic carbocycles. The van der Waals surface area contributed by atoms with Gasteiger partial charge < -0.3 is 5.32 Å². The molecule has 0 bridgehead atoms. The molecule has 0 aliphatic rings. The first-order valence-corrected chi connectivity index (χ1v) is 9.49. The summed E-state index contributed by atoms with van der Waals surface area (Å²) in [4.78, 5) is 16.5. The number of hydrogen-bond donors (Lipinski definition) is 2. The maximum absolute atomic E-state index is 12.1. The van der Waals surface area contributed by atoms with Crippen LogP contribution in [0.1, 0.15) is 12.1 Å². The molecule has 26 heavy (non-hydrogen) atoms. The topological polar surface area (TPSA) is 106 Å². The molecule has 2 heterocycles. The Kier molecular flexibility index (Phi) is 5.01.